The number of methoxy groups -OCH3 is 2. The molecule has 0 saturated carbocycles. The zero-order chi connectivity index (χ0) is 16.9. The van der Waals surface area contributed by atoms with E-state index in [-0.39, 0.29) is 17.2 Å². The molecular weight excluding hydrogens is 321 g/mol. The van der Waals surface area contributed by atoms with Crippen LogP contribution in [0, 0.1) is 5.82 Å². The molecule has 2 rings (SSSR count). The minimum atomic E-state index is -3.78. The molecule has 0 atom stereocenters. The molecule has 5 nitrogen and oxygen atoms in total. The first kappa shape index (κ1) is 17.2. The van der Waals surface area contributed by atoms with E-state index in [9.17, 15) is 12.8 Å². The van der Waals surface area contributed by atoms with Crippen molar-refractivity contribution in [1.82, 2.24) is 4.72 Å². The molecule has 0 aliphatic carbocycles. The zero-order valence-electron chi connectivity index (χ0n) is 12.9. The van der Waals surface area contributed by atoms with Crippen LogP contribution in [0.1, 0.15) is 5.56 Å². The van der Waals surface area contributed by atoms with Gasteiger partial charge in [0.15, 0.2) is 11.6 Å². The molecule has 0 saturated heterocycles. The second kappa shape index (κ2) is 7.43. The van der Waals surface area contributed by atoms with Crippen LogP contribution in [-0.2, 0) is 16.4 Å². The second-order valence-electron chi connectivity index (χ2n) is 4.76. The number of nitrogens with one attached hydrogen (secondary N) is 1. The Bertz CT molecular complexity index is 777. The van der Waals surface area contributed by atoms with Crippen molar-refractivity contribution in [3.63, 3.8) is 0 Å². The van der Waals surface area contributed by atoms with Gasteiger partial charge in [-0.05, 0) is 36.2 Å². The molecule has 0 fully saturated rings. The van der Waals surface area contributed by atoms with Crippen molar-refractivity contribution in [3.05, 3.63) is 53.8 Å². The minimum absolute atomic E-state index is 0.00188. The number of ether oxygens (including phenoxy) is 2. The van der Waals surface area contributed by atoms with Crippen molar-refractivity contribution in [3.8, 4) is 11.5 Å². The highest BCUT2D eigenvalue weighted by Gasteiger charge is 2.16. The summed E-state index contributed by atoms with van der Waals surface area (Å²) in [7, 11) is -0.908. The highest BCUT2D eigenvalue weighted by molar-refractivity contribution is 7.89. The fourth-order valence-corrected chi connectivity index (χ4v) is 3.17. The van der Waals surface area contributed by atoms with Gasteiger partial charge in [0.1, 0.15) is 5.75 Å². The molecule has 0 amide bonds. The normalized spacial score (nSPS) is 11.3. The Hall–Kier alpha value is -2.12. The van der Waals surface area contributed by atoms with Gasteiger partial charge in [-0.3, -0.25) is 0 Å². The molecular formula is C16H18FNO4S. The second-order valence-corrected chi connectivity index (χ2v) is 6.52. The van der Waals surface area contributed by atoms with Crippen molar-refractivity contribution in [2.45, 2.75) is 11.3 Å². The van der Waals surface area contributed by atoms with Crippen molar-refractivity contribution in [2.24, 2.45) is 0 Å². The summed E-state index contributed by atoms with van der Waals surface area (Å²) >= 11 is 0. The van der Waals surface area contributed by atoms with E-state index >= 15 is 0 Å². The van der Waals surface area contributed by atoms with Crippen LogP contribution >= 0.6 is 0 Å². The Labute approximate surface area is 135 Å². The standard InChI is InChI=1S/C16H18FNO4S/c1-21-15-6-4-3-5-12(15)9-10-18-23(19,20)13-7-8-16(22-2)14(17)11-13/h3-8,11,18H,9-10H2,1-2H3. The van der Waals surface area contributed by atoms with E-state index in [4.69, 9.17) is 9.47 Å². The maximum Gasteiger partial charge on any atom is 0.240 e. The Morgan fingerprint density at radius 3 is 2.39 bits per heavy atom. The molecule has 0 aliphatic heterocycles. The lowest BCUT2D eigenvalue weighted by atomic mass is 10.1. The van der Waals surface area contributed by atoms with E-state index in [1.807, 2.05) is 24.3 Å². The van der Waals surface area contributed by atoms with Gasteiger partial charge in [0.2, 0.25) is 10.0 Å². The Balaban J connectivity index is 2.06. The van der Waals surface area contributed by atoms with Crippen LogP contribution in [-0.4, -0.2) is 29.2 Å². The third-order valence-electron chi connectivity index (χ3n) is 3.31. The summed E-state index contributed by atoms with van der Waals surface area (Å²) in [6.45, 7) is 0.177. The number of hydrogen-bond acceptors (Lipinski definition) is 4. The van der Waals surface area contributed by atoms with Gasteiger partial charge in [-0.2, -0.15) is 0 Å². The van der Waals surface area contributed by atoms with Crippen molar-refractivity contribution < 1.29 is 22.3 Å². The van der Waals surface area contributed by atoms with E-state index in [1.54, 1.807) is 7.11 Å². The van der Waals surface area contributed by atoms with Crippen LogP contribution in [0.25, 0.3) is 0 Å². The molecule has 0 aliphatic rings. The maximum absolute atomic E-state index is 13.6. The predicted molar refractivity (Wildman–Crippen MR) is 84.8 cm³/mol. The largest absolute Gasteiger partial charge is 0.496 e. The first-order valence-electron chi connectivity index (χ1n) is 6.93. The average Bonchev–Trinajstić information content (AvgIpc) is 2.55. The first-order chi connectivity index (χ1) is 11.0. The topological polar surface area (TPSA) is 64.6 Å². The summed E-state index contributed by atoms with van der Waals surface area (Å²) in [6.07, 6.45) is 0.460. The molecule has 0 unspecified atom stereocenters. The summed E-state index contributed by atoms with van der Waals surface area (Å²) < 4.78 is 50.4. The van der Waals surface area contributed by atoms with Gasteiger partial charge in [0.05, 0.1) is 19.1 Å². The minimum Gasteiger partial charge on any atom is -0.496 e. The van der Waals surface area contributed by atoms with Gasteiger partial charge < -0.3 is 9.47 Å². The van der Waals surface area contributed by atoms with Crippen LogP contribution in [0.15, 0.2) is 47.4 Å². The summed E-state index contributed by atoms with van der Waals surface area (Å²) in [6, 6.07) is 10.9. The molecule has 1 N–H and O–H groups in total. The number of para-hydroxylation sites is 1. The SMILES string of the molecule is COc1ccc(S(=O)(=O)NCCc2ccccc2OC)cc1F. The lowest BCUT2D eigenvalue weighted by Crippen LogP contribution is -2.26. The molecule has 23 heavy (non-hydrogen) atoms. The van der Waals surface area contributed by atoms with Gasteiger partial charge in [-0.25, -0.2) is 17.5 Å². The number of hydrogen-bond donors (Lipinski definition) is 1. The maximum atomic E-state index is 13.6. The molecule has 0 bridgehead atoms. The fourth-order valence-electron chi connectivity index (χ4n) is 2.13. The van der Waals surface area contributed by atoms with Gasteiger partial charge in [-0.15, -0.1) is 0 Å². The van der Waals surface area contributed by atoms with E-state index in [0.29, 0.717) is 12.2 Å². The average molecular weight is 339 g/mol. The Morgan fingerprint density at radius 2 is 1.74 bits per heavy atom. The Kier molecular flexibility index (Phi) is 5.57. The predicted octanol–water partition coefficient (Wildman–Crippen LogP) is 2.36. The lowest BCUT2D eigenvalue weighted by molar-refractivity contribution is 0.385. The lowest BCUT2D eigenvalue weighted by Gasteiger charge is -2.10. The number of halogens is 1. The third-order valence-corrected chi connectivity index (χ3v) is 4.77. The molecule has 2 aromatic rings. The van der Waals surface area contributed by atoms with E-state index in [2.05, 4.69) is 4.72 Å². The first-order valence-corrected chi connectivity index (χ1v) is 8.41. The molecule has 124 valence electrons. The third kappa shape index (κ3) is 4.20. The summed E-state index contributed by atoms with van der Waals surface area (Å²) in [5.74, 6) is -0.0275. The summed E-state index contributed by atoms with van der Waals surface area (Å²) in [5, 5.41) is 0. The highest BCUT2D eigenvalue weighted by Crippen LogP contribution is 2.21. The van der Waals surface area contributed by atoms with Crippen LogP contribution in [0.2, 0.25) is 0 Å². The van der Waals surface area contributed by atoms with Crippen LogP contribution in [0.5, 0.6) is 11.5 Å². The number of sulfonamides is 1. The molecule has 0 aromatic heterocycles. The van der Waals surface area contributed by atoms with Crippen LogP contribution in [0.4, 0.5) is 4.39 Å². The van der Waals surface area contributed by atoms with Gasteiger partial charge >= 0.3 is 0 Å². The zero-order valence-corrected chi connectivity index (χ0v) is 13.7. The smallest absolute Gasteiger partial charge is 0.240 e. The van der Waals surface area contributed by atoms with Crippen LogP contribution < -0.4 is 14.2 Å². The fraction of sp³-hybridized carbons (Fsp3) is 0.250. The monoisotopic (exact) mass is 339 g/mol. The van der Waals surface area contributed by atoms with E-state index in [0.717, 1.165) is 11.6 Å². The van der Waals surface area contributed by atoms with E-state index in [1.165, 1.54) is 19.2 Å². The van der Waals surface area contributed by atoms with Crippen molar-refractivity contribution in [2.75, 3.05) is 20.8 Å². The highest BCUT2D eigenvalue weighted by atomic mass is 32.2. The van der Waals surface area contributed by atoms with Gasteiger partial charge in [0.25, 0.3) is 0 Å². The molecule has 0 radical (unpaired) electrons. The van der Waals surface area contributed by atoms with Crippen LogP contribution in [0.3, 0.4) is 0 Å². The molecule has 2 aromatic carbocycles. The summed E-state index contributed by atoms with van der Waals surface area (Å²) in [4.78, 5) is -0.143. The number of rotatable bonds is 7. The van der Waals surface area contributed by atoms with Gasteiger partial charge in [-0.1, -0.05) is 18.2 Å². The molecule has 0 heterocycles. The molecule has 0 spiro atoms. The van der Waals surface area contributed by atoms with Gasteiger partial charge in [0, 0.05) is 6.54 Å². The summed E-state index contributed by atoms with van der Waals surface area (Å²) in [5.41, 5.74) is 0.888. The Morgan fingerprint density at radius 1 is 1.04 bits per heavy atom. The van der Waals surface area contributed by atoms with Crippen molar-refractivity contribution in [1.29, 1.82) is 0 Å². The molecule has 7 heteroatoms. The van der Waals surface area contributed by atoms with E-state index < -0.39 is 15.8 Å². The quantitative estimate of drug-likeness (QED) is 0.841. The van der Waals surface area contributed by atoms with Crippen molar-refractivity contribution >= 4 is 10.0 Å². The number of benzene rings is 2.